The monoisotopic (exact) mass is 351 g/mol. The Labute approximate surface area is 142 Å². The minimum Gasteiger partial charge on any atom is -0.395 e. The molecule has 0 aliphatic carbocycles. The molecule has 0 spiro atoms. The van der Waals surface area contributed by atoms with Crippen molar-refractivity contribution in [1.82, 2.24) is 5.32 Å². The van der Waals surface area contributed by atoms with E-state index in [1.54, 1.807) is 12.1 Å². The van der Waals surface area contributed by atoms with Gasteiger partial charge in [0.25, 0.3) is 5.91 Å². The van der Waals surface area contributed by atoms with Crippen molar-refractivity contribution in [1.29, 1.82) is 0 Å². The predicted molar refractivity (Wildman–Crippen MR) is 84.3 cm³/mol. The van der Waals surface area contributed by atoms with E-state index in [2.05, 4.69) is 14.8 Å². The van der Waals surface area contributed by atoms with Crippen LogP contribution in [0.5, 0.6) is 11.5 Å². The SMILES string of the molecule is CC(C)(Cc1ccc(F)cc1)NC(=O)c1ccc2c(c1)OC(F)(F)O2. The normalized spacial score (nSPS) is 15.1. The van der Waals surface area contributed by atoms with Gasteiger partial charge in [0.15, 0.2) is 11.5 Å². The number of alkyl halides is 2. The van der Waals surface area contributed by atoms with E-state index >= 15 is 0 Å². The van der Waals surface area contributed by atoms with Crippen molar-refractivity contribution in [3.05, 3.63) is 59.4 Å². The number of halogens is 3. The zero-order valence-electron chi connectivity index (χ0n) is 13.6. The van der Waals surface area contributed by atoms with Crippen molar-refractivity contribution < 1.29 is 27.4 Å². The van der Waals surface area contributed by atoms with Crippen LogP contribution in [-0.2, 0) is 6.42 Å². The smallest absolute Gasteiger partial charge is 0.395 e. The first-order valence-corrected chi connectivity index (χ1v) is 7.60. The summed E-state index contributed by atoms with van der Waals surface area (Å²) in [6.45, 7) is 3.63. The minimum atomic E-state index is -3.72. The first-order valence-electron chi connectivity index (χ1n) is 7.60. The van der Waals surface area contributed by atoms with Gasteiger partial charge in [-0.1, -0.05) is 12.1 Å². The number of nitrogens with one attached hydrogen (secondary N) is 1. The molecule has 1 aliphatic rings. The van der Waals surface area contributed by atoms with E-state index in [-0.39, 0.29) is 22.9 Å². The van der Waals surface area contributed by atoms with E-state index < -0.39 is 17.7 Å². The number of fused-ring (bicyclic) bond motifs is 1. The number of carbonyl (C=O) groups excluding carboxylic acids is 1. The molecule has 2 aromatic carbocycles. The second kappa shape index (κ2) is 5.98. The number of hydrogen-bond acceptors (Lipinski definition) is 3. The summed E-state index contributed by atoms with van der Waals surface area (Å²) < 4.78 is 47.7. The van der Waals surface area contributed by atoms with E-state index in [0.717, 1.165) is 5.56 Å². The third-order valence-electron chi connectivity index (χ3n) is 3.67. The summed E-state index contributed by atoms with van der Waals surface area (Å²) in [6, 6.07) is 9.85. The molecule has 0 saturated heterocycles. The average Bonchev–Trinajstić information content (AvgIpc) is 2.81. The standard InChI is InChI=1S/C18H16F3NO3/c1-17(2,10-11-3-6-13(19)7-4-11)22-16(23)12-5-8-14-15(9-12)25-18(20,21)24-14/h3-9H,10H2,1-2H3,(H,22,23). The van der Waals surface area contributed by atoms with Gasteiger partial charge in [0.1, 0.15) is 5.82 Å². The fraction of sp³-hybridized carbons (Fsp3) is 0.278. The fourth-order valence-corrected chi connectivity index (χ4v) is 2.63. The van der Waals surface area contributed by atoms with Gasteiger partial charge < -0.3 is 14.8 Å². The zero-order valence-corrected chi connectivity index (χ0v) is 13.6. The molecule has 0 bridgehead atoms. The lowest BCUT2D eigenvalue weighted by atomic mass is 9.94. The molecular formula is C18H16F3NO3. The molecule has 0 aromatic heterocycles. The quantitative estimate of drug-likeness (QED) is 0.909. The lowest BCUT2D eigenvalue weighted by Gasteiger charge is -2.26. The molecule has 0 unspecified atom stereocenters. The van der Waals surface area contributed by atoms with Gasteiger partial charge >= 0.3 is 6.29 Å². The minimum absolute atomic E-state index is 0.118. The molecule has 2 aromatic rings. The Bertz CT molecular complexity index is 804. The molecule has 0 radical (unpaired) electrons. The van der Waals surface area contributed by atoms with E-state index in [1.807, 2.05) is 13.8 Å². The summed E-state index contributed by atoms with van der Waals surface area (Å²) in [5.41, 5.74) is 0.402. The van der Waals surface area contributed by atoms with Crippen LogP contribution in [0.4, 0.5) is 13.2 Å². The van der Waals surface area contributed by atoms with Crippen molar-refractivity contribution in [2.24, 2.45) is 0 Å². The predicted octanol–water partition coefficient (Wildman–Crippen LogP) is 3.90. The van der Waals surface area contributed by atoms with Crippen molar-refractivity contribution in [3.8, 4) is 11.5 Å². The van der Waals surface area contributed by atoms with Crippen LogP contribution in [-0.4, -0.2) is 17.7 Å². The van der Waals surface area contributed by atoms with E-state index in [0.29, 0.717) is 6.42 Å². The largest absolute Gasteiger partial charge is 0.586 e. The van der Waals surface area contributed by atoms with Gasteiger partial charge in [-0.05, 0) is 56.2 Å². The Hall–Kier alpha value is -2.70. The first kappa shape index (κ1) is 17.1. The zero-order chi connectivity index (χ0) is 18.2. The van der Waals surface area contributed by atoms with Crippen LogP contribution in [0.25, 0.3) is 0 Å². The maximum absolute atomic E-state index is 13.0. The Morgan fingerprint density at radius 3 is 2.40 bits per heavy atom. The summed E-state index contributed by atoms with van der Waals surface area (Å²) in [7, 11) is 0. The van der Waals surface area contributed by atoms with E-state index in [1.165, 1.54) is 30.3 Å². The van der Waals surface area contributed by atoms with Crippen LogP contribution in [0.15, 0.2) is 42.5 Å². The van der Waals surface area contributed by atoms with Crippen LogP contribution >= 0.6 is 0 Å². The maximum atomic E-state index is 13.0. The Balaban J connectivity index is 1.70. The second-order valence-corrected chi connectivity index (χ2v) is 6.47. The number of carbonyl (C=O) groups is 1. The molecule has 0 atom stereocenters. The van der Waals surface area contributed by atoms with Gasteiger partial charge in [0, 0.05) is 11.1 Å². The van der Waals surface area contributed by atoms with Crippen LogP contribution in [0, 0.1) is 5.82 Å². The molecule has 1 aliphatic heterocycles. The molecule has 7 heteroatoms. The van der Waals surface area contributed by atoms with Crippen LogP contribution in [0.2, 0.25) is 0 Å². The van der Waals surface area contributed by atoms with Gasteiger partial charge in [-0.2, -0.15) is 0 Å². The molecule has 1 heterocycles. The number of hydrogen-bond donors (Lipinski definition) is 1. The van der Waals surface area contributed by atoms with Gasteiger partial charge in [0.05, 0.1) is 0 Å². The Morgan fingerprint density at radius 1 is 1.08 bits per heavy atom. The molecule has 1 N–H and O–H groups in total. The lowest BCUT2D eigenvalue weighted by Crippen LogP contribution is -2.45. The van der Waals surface area contributed by atoms with Gasteiger partial charge in [-0.15, -0.1) is 8.78 Å². The molecule has 0 saturated carbocycles. The summed E-state index contributed by atoms with van der Waals surface area (Å²) in [5, 5.41) is 2.83. The summed E-state index contributed by atoms with van der Waals surface area (Å²) in [5.74, 6) is -1.07. The third-order valence-corrected chi connectivity index (χ3v) is 3.67. The highest BCUT2D eigenvalue weighted by Gasteiger charge is 2.43. The highest BCUT2D eigenvalue weighted by Crippen LogP contribution is 2.41. The number of rotatable bonds is 4. The third kappa shape index (κ3) is 4.04. The van der Waals surface area contributed by atoms with Crippen molar-refractivity contribution >= 4 is 5.91 Å². The highest BCUT2D eigenvalue weighted by molar-refractivity contribution is 5.95. The molecule has 132 valence electrons. The van der Waals surface area contributed by atoms with Gasteiger partial charge in [0.2, 0.25) is 0 Å². The second-order valence-electron chi connectivity index (χ2n) is 6.47. The van der Waals surface area contributed by atoms with Crippen LogP contribution in [0.3, 0.4) is 0 Å². The molecule has 25 heavy (non-hydrogen) atoms. The van der Waals surface area contributed by atoms with Crippen molar-refractivity contribution in [2.75, 3.05) is 0 Å². The van der Waals surface area contributed by atoms with Gasteiger partial charge in [-0.25, -0.2) is 4.39 Å². The van der Waals surface area contributed by atoms with E-state index in [9.17, 15) is 18.0 Å². The average molecular weight is 351 g/mol. The molecule has 1 amide bonds. The highest BCUT2D eigenvalue weighted by atomic mass is 19.3. The van der Waals surface area contributed by atoms with Crippen molar-refractivity contribution in [3.63, 3.8) is 0 Å². The summed E-state index contributed by atoms with van der Waals surface area (Å²) in [6.07, 6.45) is -3.25. The lowest BCUT2D eigenvalue weighted by molar-refractivity contribution is -0.286. The summed E-state index contributed by atoms with van der Waals surface area (Å²) >= 11 is 0. The molecular weight excluding hydrogens is 335 g/mol. The fourth-order valence-electron chi connectivity index (χ4n) is 2.63. The van der Waals surface area contributed by atoms with Crippen LogP contribution < -0.4 is 14.8 Å². The van der Waals surface area contributed by atoms with Gasteiger partial charge in [-0.3, -0.25) is 4.79 Å². The molecule has 3 rings (SSSR count). The number of benzene rings is 2. The molecule has 4 nitrogen and oxygen atoms in total. The van der Waals surface area contributed by atoms with E-state index in [4.69, 9.17) is 0 Å². The Morgan fingerprint density at radius 2 is 1.72 bits per heavy atom. The number of amides is 1. The summed E-state index contributed by atoms with van der Waals surface area (Å²) in [4.78, 5) is 12.4. The van der Waals surface area contributed by atoms with Crippen molar-refractivity contribution in [2.45, 2.75) is 32.1 Å². The first-order chi connectivity index (χ1) is 11.6. The molecule has 0 fully saturated rings. The number of ether oxygens (including phenoxy) is 2. The maximum Gasteiger partial charge on any atom is 0.586 e. The van der Waals surface area contributed by atoms with Crippen LogP contribution in [0.1, 0.15) is 29.8 Å². The Kier molecular flexibility index (Phi) is 4.10. The topological polar surface area (TPSA) is 47.6 Å².